The molecule has 0 saturated heterocycles. The number of amides is 2. The molecule has 0 aliphatic rings. The van der Waals surface area contributed by atoms with E-state index in [0.29, 0.717) is 5.56 Å². The fraction of sp³-hybridized carbons (Fsp3) is 0.214. The Bertz CT molecular complexity index is 1520. The molecule has 0 radical (unpaired) electrons. The molecule has 9 nitrogen and oxygen atoms in total. The van der Waals surface area contributed by atoms with Gasteiger partial charge < -0.3 is 26.2 Å². The number of carbonyl (C=O) groups is 4. The van der Waals surface area contributed by atoms with E-state index in [1.165, 1.54) is 6.07 Å². The van der Waals surface area contributed by atoms with Gasteiger partial charge in [0.05, 0.1) is 29.2 Å². The Kier molecular flexibility index (Phi) is 10.6. The van der Waals surface area contributed by atoms with Crippen molar-refractivity contribution in [2.75, 3.05) is 5.32 Å². The third-order valence-electron chi connectivity index (χ3n) is 5.86. The molecule has 16 heteroatoms. The van der Waals surface area contributed by atoms with Crippen molar-refractivity contribution < 1.29 is 55.4 Å². The maximum Gasteiger partial charge on any atom is 0.416 e. The van der Waals surface area contributed by atoms with E-state index in [0.717, 1.165) is 12.1 Å². The van der Waals surface area contributed by atoms with Gasteiger partial charge in [0.15, 0.2) is 0 Å². The Labute approximate surface area is 249 Å². The van der Waals surface area contributed by atoms with Crippen molar-refractivity contribution in [3.05, 3.63) is 94.0 Å². The number of nitrogens with two attached hydrogens (primary N) is 1. The normalized spacial score (nSPS) is 13.0. The molecule has 0 fully saturated rings. The summed E-state index contributed by atoms with van der Waals surface area (Å²) in [5.41, 5.74) is 1.34. The molecule has 234 valence electrons. The fourth-order valence-electron chi connectivity index (χ4n) is 3.78. The molecule has 0 heterocycles. The highest BCUT2D eigenvalue weighted by molar-refractivity contribution is 6.31. The van der Waals surface area contributed by atoms with Crippen LogP contribution in [0.4, 0.5) is 32.0 Å². The number of aliphatic carboxylic acids is 1. The summed E-state index contributed by atoms with van der Waals surface area (Å²) in [7, 11) is 0. The second-order valence-electron chi connectivity index (χ2n) is 9.27. The fourth-order valence-corrected chi connectivity index (χ4v) is 3.95. The average Bonchev–Trinajstić information content (AvgIpc) is 2.92. The molecule has 3 rings (SSSR count). The molecule has 3 aromatic carbocycles. The number of carbonyl (C=O) groups excluding carboxylic acids is 3. The summed E-state index contributed by atoms with van der Waals surface area (Å²) in [5, 5.41) is 13.0. The number of hydrogen-bond acceptors (Lipinski definition) is 6. The van der Waals surface area contributed by atoms with E-state index in [1.807, 2.05) is 5.32 Å². The lowest BCUT2D eigenvalue weighted by Crippen LogP contribution is -2.51. The summed E-state index contributed by atoms with van der Waals surface area (Å²) in [6.45, 7) is 0. The highest BCUT2D eigenvalue weighted by atomic mass is 35.5. The number of carboxylic acid groups (broad SMARTS) is 1. The standard InChI is InChI=1S/C28H22ClF6N3O6/c29-17-6-7-22(19(12-17)24(41)37-18-10-15(27(30,31)32)9-16(11-18)28(33,34)35)44-26(43)21(8-14-4-2-1-3-5-14)38-25(42)20(36)13-23(39)40/h1-7,9-12,20-21H,8,13,36H2,(H,37,41)(H,38,42)(H,39,40)/t20-,21-/m0/s1. The summed E-state index contributed by atoms with van der Waals surface area (Å²) in [5.74, 6) is -5.35. The highest BCUT2D eigenvalue weighted by Crippen LogP contribution is 2.38. The van der Waals surface area contributed by atoms with Gasteiger partial charge in [0.1, 0.15) is 11.8 Å². The van der Waals surface area contributed by atoms with Crippen molar-refractivity contribution in [3.8, 4) is 5.75 Å². The van der Waals surface area contributed by atoms with Crippen molar-refractivity contribution in [1.29, 1.82) is 0 Å². The zero-order valence-electron chi connectivity index (χ0n) is 22.1. The number of anilines is 1. The number of ether oxygens (including phenoxy) is 1. The number of esters is 1. The highest BCUT2D eigenvalue weighted by Gasteiger charge is 2.37. The van der Waals surface area contributed by atoms with Gasteiger partial charge in [0.25, 0.3) is 5.91 Å². The van der Waals surface area contributed by atoms with Gasteiger partial charge in [0.2, 0.25) is 5.91 Å². The van der Waals surface area contributed by atoms with Crippen LogP contribution in [0.25, 0.3) is 0 Å². The first-order chi connectivity index (χ1) is 20.4. The number of alkyl halides is 6. The molecular weight excluding hydrogens is 624 g/mol. The topological polar surface area (TPSA) is 148 Å². The van der Waals surface area contributed by atoms with Crippen molar-refractivity contribution >= 4 is 41.0 Å². The monoisotopic (exact) mass is 645 g/mol. The molecule has 44 heavy (non-hydrogen) atoms. The summed E-state index contributed by atoms with van der Waals surface area (Å²) in [6.07, 6.45) is -11.3. The largest absolute Gasteiger partial charge is 0.481 e. The Morgan fingerprint density at radius 1 is 0.886 bits per heavy atom. The molecule has 0 aromatic heterocycles. The second kappa shape index (κ2) is 13.8. The SMILES string of the molecule is N[C@@H](CC(=O)O)C(=O)N[C@@H](Cc1ccccc1)C(=O)Oc1ccc(Cl)cc1C(=O)Nc1cc(C(F)(F)F)cc(C(F)(F)F)c1. The van der Waals surface area contributed by atoms with Crippen LogP contribution < -0.4 is 21.1 Å². The van der Waals surface area contributed by atoms with E-state index in [-0.39, 0.29) is 29.6 Å². The molecule has 2 amide bonds. The summed E-state index contributed by atoms with van der Waals surface area (Å²) in [6, 6.07) is 8.77. The predicted octanol–water partition coefficient (Wildman–Crippen LogP) is 5.06. The van der Waals surface area contributed by atoms with Crippen LogP contribution in [0.5, 0.6) is 5.75 Å². The van der Waals surface area contributed by atoms with Gasteiger partial charge in [-0.2, -0.15) is 26.3 Å². The van der Waals surface area contributed by atoms with E-state index < -0.39 is 82.7 Å². The Balaban J connectivity index is 1.92. The predicted molar refractivity (Wildman–Crippen MR) is 144 cm³/mol. The van der Waals surface area contributed by atoms with Crippen LogP contribution in [0.3, 0.4) is 0 Å². The minimum atomic E-state index is -5.18. The molecule has 2 atom stereocenters. The van der Waals surface area contributed by atoms with Crippen molar-refractivity contribution in [3.63, 3.8) is 0 Å². The number of halogens is 7. The van der Waals surface area contributed by atoms with E-state index in [2.05, 4.69) is 5.32 Å². The van der Waals surface area contributed by atoms with Crippen molar-refractivity contribution in [1.82, 2.24) is 5.32 Å². The Hall–Kier alpha value is -4.63. The van der Waals surface area contributed by atoms with E-state index in [9.17, 15) is 45.5 Å². The van der Waals surface area contributed by atoms with Gasteiger partial charge >= 0.3 is 24.3 Å². The smallest absolute Gasteiger partial charge is 0.416 e. The number of hydrogen-bond donors (Lipinski definition) is 4. The number of nitrogens with one attached hydrogen (secondary N) is 2. The molecule has 0 unspecified atom stereocenters. The summed E-state index contributed by atoms with van der Waals surface area (Å²) >= 11 is 5.95. The van der Waals surface area contributed by atoms with Crippen LogP contribution in [0.2, 0.25) is 5.02 Å². The van der Waals surface area contributed by atoms with Crippen LogP contribution in [0, 0.1) is 0 Å². The molecule has 3 aromatic rings. The molecule has 0 bridgehead atoms. The van der Waals surface area contributed by atoms with Gasteiger partial charge in [-0.3, -0.25) is 14.4 Å². The second-order valence-corrected chi connectivity index (χ2v) is 9.70. The zero-order chi connectivity index (χ0) is 32.8. The Morgan fingerprint density at radius 2 is 1.48 bits per heavy atom. The van der Waals surface area contributed by atoms with Crippen LogP contribution in [-0.2, 0) is 33.2 Å². The van der Waals surface area contributed by atoms with Crippen LogP contribution in [0.15, 0.2) is 66.7 Å². The van der Waals surface area contributed by atoms with Gasteiger partial charge in [-0.1, -0.05) is 41.9 Å². The third-order valence-corrected chi connectivity index (χ3v) is 6.09. The van der Waals surface area contributed by atoms with Gasteiger partial charge in [-0.15, -0.1) is 0 Å². The number of rotatable bonds is 10. The van der Waals surface area contributed by atoms with Crippen LogP contribution in [0.1, 0.15) is 33.5 Å². The van der Waals surface area contributed by atoms with Gasteiger partial charge in [-0.05, 0) is 42.0 Å². The van der Waals surface area contributed by atoms with Crippen LogP contribution >= 0.6 is 11.6 Å². The quantitative estimate of drug-likeness (QED) is 0.137. The molecule has 0 aliphatic heterocycles. The summed E-state index contributed by atoms with van der Waals surface area (Å²) in [4.78, 5) is 49.7. The van der Waals surface area contributed by atoms with E-state index in [1.54, 1.807) is 30.3 Å². The lowest BCUT2D eigenvalue weighted by Gasteiger charge is -2.20. The van der Waals surface area contributed by atoms with Crippen LogP contribution in [-0.4, -0.2) is 40.9 Å². The molecule has 5 N–H and O–H groups in total. The minimum Gasteiger partial charge on any atom is -0.481 e. The molecule has 0 saturated carbocycles. The first-order valence-electron chi connectivity index (χ1n) is 12.4. The number of benzene rings is 3. The minimum absolute atomic E-state index is 0.108. The van der Waals surface area contributed by atoms with Gasteiger partial charge in [-0.25, -0.2) is 4.79 Å². The lowest BCUT2D eigenvalue weighted by molar-refractivity contribution is -0.143. The lowest BCUT2D eigenvalue weighted by atomic mass is 10.0. The zero-order valence-corrected chi connectivity index (χ0v) is 22.9. The first-order valence-corrected chi connectivity index (χ1v) is 12.8. The Morgan fingerprint density at radius 3 is 2.02 bits per heavy atom. The van der Waals surface area contributed by atoms with E-state index in [4.69, 9.17) is 27.2 Å². The van der Waals surface area contributed by atoms with Crippen molar-refractivity contribution in [2.45, 2.75) is 37.3 Å². The summed E-state index contributed by atoms with van der Waals surface area (Å²) < 4.78 is 84.9. The first kappa shape index (κ1) is 33.9. The van der Waals surface area contributed by atoms with E-state index >= 15 is 0 Å². The number of carboxylic acids is 1. The average molecular weight is 646 g/mol. The van der Waals surface area contributed by atoms with Crippen molar-refractivity contribution in [2.24, 2.45) is 5.73 Å². The molecule has 0 aliphatic carbocycles. The third kappa shape index (κ3) is 9.44. The maximum absolute atomic E-state index is 13.3. The maximum atomic E-state index is 13.3. The molecular formula is C28H22ClF6N3O6. The molecule has 0 spiro atoms. The van der Waals surface area contributed by atoms with Gasteiger partial charge in [0, 0.05) is 17.1 Å².